The van der Waals surface area contributed by atoms with Gasteiger partial charge in [0.25, 0.3) is 0 Å². The number of ether oxygens (including phenoxy) is 1. The zero-order valence-corrected chi connectivity index (χ0v) is 9.00. The SMILES string of the molecule is CC(C)(C)Oc1ccc(CN)cc1N. The number of anilines is 1. The molecule has 1 aromatic carbocycles. The number of hydrogen-bond acceptors (Lipinski definition) is 3. The van der Waals surface area contributed by atoms with Gasteiger partial charge in [0.15, 0.2) is 0 Å². The summed E-state index contributed by atoms with van der Waals surface area (Å²) in [7, 11) is 0. The molecule has 78 valence electrons. The lowest BCUT2D eigenvalue weighted by molar-refractivity contribution is 0.132. The highest BCUT2D eigenvalue weighted by atomic mass is 16.5. The molecule has 14 heavy (non-hydrogen) atoms. The maximum atomic E-state index is 5.82. The molecule has 0 atom stereocenters. The lowest BCUT2D eigenvalue weighted by Gasteiger charge is -2.22. The summed E-state index contributed by atoms with van der Waals surface area (Å²) in [5.41, 5.74) is 12.8. The summed E-state index contributed by atoms with van der Waals surface area (Å²) in [5.74, 6) is 0.717. The fourth-order valence-electron chi connectivity index (χ4n) is 1.15. The topological polar surface area (TPSA) is 61.3 Å². The van der Waals surface area contributed by atoms with E-state index in [1.807, 2.05) is 39.0 Å². The molecule has 0 aromatic heterocycles. The van der Waals surface area contributed by atoms with Gasteiger partial charge in [0, 0.05) is 6.54 Å². The smallest absolute Gasteiger partial charge is 0.142 e. The Hall–Kier alpha value is -1.22. The van der Waals surface area contributed by atoms with Gasteiger partial charge in [-0.1, -0.05) is 6.07 Å². The Morgan fingerprint density at radius 2 is 1.93 bits per heavy atom. The molecule has 0 bridgehead atoms. The van der Waals surface area contributed by atoms with Crippen molar-refractivity contribution in [1.82, 2.24) is 0 Å². The monoisotopic (exact) mass is 194 g/mol. The lowest BCUT2D eigenvalue weighted by Crippen LogP contribution is -2.23. The first-order valence-corrected chi connectivity index (χ1v) is 4.70. The highest BCUT2D eigenvalue weighted by Gasteiger charge is 2.13. The normalized spacial score (nSPS) is 11.4. The molecule has 0 fully saturated rings. The van der Waals surface area contributed by atoms with Crippen LogP contribution in [-0.4, -0.2) is 5.60 Å². The highest BCUT2D eigenvalue weighted by Crippen LogP contribution is 2.26. The molecule has 3 nitrogen and oxygen atoms in total. The standard InChI is InChI=1S/C11H18N2O/c1-11(2,3)14-10-5-4-8(7-12)6-9(10)13/h4-6H,7,12-13H2,1-3H3. The van der Waals surface area contributed by atoms with Crippen molar-refractivity contribution in [2.24, 2.45) is 5.73 Å². The summed E-state index contributed by atoms with van der Waals surface area (Å²) >= 11 is 0. The van der Waals surface area contributed by atoms with Gasteiger partial charge in [-0.2, -0.15) is 0 Å². The first kappa shape index (κ1) is 10.9. The fourth-order valence-corrected chi connectivity index (χ4v) is 1.15. The maximum Gasteiger partial charge on any atom is 0.142 e. The van der Waals surface area contributed by atoms with Gasteiger partial charge in [-0.05, 0) is 38.5 Å². The van der Waals surface area contributed by atoms with Crippen molar-refractivity contribution < 1.29 is 4.74 Å². The summed E-state index contributed by atoms with van der Waals surface area (Å²) < 4.78 is 5.67. The van der Waals surface area contributed by atoms with E-state index in [-0.39, 0.29) is 5.60 Å². The minimum atomic E-state index is -0.224. The number of hydrogen-bond donors (Lipinski definition) is 2. The Bertz CT molecular complexity index is 316. The first-order valence-electron chi connectivity index (χ1n) is 4.70. The number of nitrogens with two attached hydrogens (primary N) is 2. The van der Waals surface area contributed by atoms with E-state index in [2.05, 4.69) is 0 Å². The molecule has 0 saturated carbocycles. The summed E-state index contributed by atoms with van der Waals surface area (Å²) in [6.45, 7) is 6.47. The van der Waals surface area contributed by atoms with Crippen molar-refractivity contribution in [1.29, 1.82) is 0 Å². The fraction of sp³-hybridized carbons (Fsp3) is 0.455. The van der Waals surface area contributed by atoms with Crippen LogP contribution in [0.4, 0.5) is 5.69 Å². The van der Waals surface area contributed by atoms with Crippen LogP contribution >= 0.6 is 0 Å². The lowest BCUT2D eigenvalue weighted by atomic mass is 10.1. The number of nitrogen functional groups attached to an aromatic ring is 1. The molecule has 3 heteroatoms. The van der Waals surface area contributed by atoms with Crippen LogP contribution in [-0.2, 0) is 6.54 Å². The molecule has 4 N–H and O–H groups in total. The summed E-state index contributed by atoms with van der Waals surface area (Å²) in [5, 5.41) is 0. The van der Waals surface area contributed by atoms with Crippen molar-refractivity contribution in [2.75, 3.05) is 5.73 Å². The maximum absolute atomic E-state index is 5.82. The molecule has 1 rings (SSSR count). The Morgan fingerprint density at radius 3 is 2.36 bits per heavy atom. The summed E-state index contributed by atoms with van der Waals surface area (Å²) in [4.78, 5) is 0. The van der Waals surface area contributed by atoms with E-state index < -0.39 is 0 Å². The van der Waals surface area contributed by atoms with E-state index in [0.717, 1.165) is 11.3 Å². The van der Waals surface area contributed by atoms with Crippen LogP contribution in [0.15, 0.2) is 18.2 Å². The van der Waals surface area contributed by atoms with Crippen molar-refractivity contribution >= 4 is 5.69 Å². The summed E-state index contributed by atoms with van der Waals surface area (Å²) in [6, 6.07) is 5.64. The molecule has 0 amide bonds. The first-order chi connectivity index (χ1) is 6.42. The van der Waals surface area contributed by atoms with Gasteiger partial charge < -0.3 is 16.2 Å². The molecule has 0 heterocycles. The summed E-state index contributed by atoms with van der Waals surface area (Å²) in [6.07, 6.45) is 0. The van der Waals surface area contributed by atoms with Gasteiger partial charge in [-0.3, -0.25) is 0 Å². The number of benzene rings is 1. The predicted molar refractivity (Wildman–Crippen MR) is 59.1 cm³/mol. The Morgan fingerprint density at radius 1 is 1.29 bits per heavy atom. The second kappa shape index (κ2) is 3.88. The van der Waals surface area contributed by atoms with Gasteiger partial charge in [-0.25, -0.2) is 0 Å². The molecule has 1 aromatic rings. The van der Waals surface area contributed by atoms with Gasteiger partial charge in [0.2, 0.25) is 0 Å². The highest BCUT2D eigenvalue weighted by molar-refractivity contribution is 5.54. The molecular formula is C11H18N2O. The molecule has 0 aliphatic rings. The molecular weight excluding hydrogens is 176 g/mol. The van der Waals surface area contributed by atoms with Crippen LogP contribution in [0.5, 0.6) is 5.75 Å². The van der Waals surface area contributed by atoms with Crippen LogP contribution in [0.25, 0.3) is 0 Å². The second-order valence-corrected chi connectivity index (χ2v) is 4.29. The second-order valence-electron chi connectivity index (χ2n) is 4.29. The number of rotatable bonds is 2. The van der Waals surface area contributed by atoms with Gasteiger partial charge in [0.1, 0.15) is 11.4 Å². The van der Waals surface area contributed by atoms with Crippen LogP contribution in [0, 0.1) is 0 Å². The predicted octanol–water partition coefficient (Wildman–Crippen LogP) is 1.90. The molecule has 0 unspecified atom stereocenters. The van der Waals surface area contributed by atoms with E-state index in [4.69, 9.17) is 16.2 Å². The Kier molecular flexibility index (Phi) is 3.01. The van der Waals surface area contributed by atoms with Crippen LogP contribution in [0.2, 0.25) is 0 Å². The molecule has 0 aliphatic heterocycles. The minimum absolute atomic E-state index is 0.224. The van der Waals surface area contributed by atoms with E-state index in [1.165, 1.54) is 0 Å². The largest absolute Gasteiger partial charge is 0.486 e. The molecule has 0 aliphatic carbocycles. The molecule has 0 saturated heterocycles. The van der Waals surface area contributed by atoms with E-state index in [9.17, 15) is 0 Å². The van der Waals surface area contributed by atoms with E-state index in [1.54, 1.807) is 0 Å². The third-order valence-corrected chi connectivity index (χ3v) is 1.73. The average Bonchev–Trinajstić information content (AvgIpc) is 2.06. The van der Waals surface area contributed by atoms with Crippen LogP contribution in [0.1, 0.15) is 26.3 Å². The van der Waals surface area contributed by atoms with E-state index >= 15 is 0 Å². The van der Waals surface area contributed by atoms with Crippen molar-refractivity contribution in [2.45, 2.75) is 32.9 Å². The van der Waals surface area contributed by atoms with Crippen LogP contribution in [0.3, 0.4) is 0 Å². The van der Waals surface area contributed by atoms with Gasteiger partial charge in [0.05, 0.1) is 5.69 Å². The third kappa shape index (κ3) is 2.92. The van der Waals surface area contributed by atoms with Gasteiger partial charge >= 0.3 is 0 Å². The average molecular weight is 194 g/mol. The molecule has 0 radical (unpaired) electrons. The zero-order chi connectivity index (χ0) is 10.8. The van der Waals surface area contributed by atoms with Gasteiger partial charge in [-0.15, -0.1) is 0 Å². The Balaban J connectivity index is 2.89. The van der Waals surface area contributed by atoms with Crippen molar-refractivity contribution in [3.8, 4) is 5.75 Å². The Labute approximate surface area is 85.0 Å². The van der Waals surface area contributed by atoms with Crippen molar-refractivity contribution in [3.05, 3.63) is 23.8 Å². The third-order valence-electron chi connectivity index (χ3n) is 1.73. The quantitative estimate of drug-likeness (QED) is 0.707. The van der Waals surface area contributed by atoms with Crippen LogP contribution < -0.4 is 16.2 Å². The van der Waals surface area contributed by atoms with Crippen molar-refractivity contribution in [3.63, 3.8) is 0 Å². The van der Waals surface area contributed by atoms with E-state index in [0.29, 0.717) is 12.2 Å². The molecule has 0 spiro atoms. The minimum Gasteiger partial charge on any atom is -0.486 e. The zero-order valence-electron chi connectivity index (χ0n) is 9.00.